The average Bonchev–Trinajstić information content (AvgIpc) is 2.75. The lowest BCUT2D eigenvalue weighted by Gasteiger charge is -2.26. The van der Waals surface area contributed by atoms with Crippen LogP contribution in [-0.4, -0.2) is 57.6 Å². The molecule has 0 N–H and O–H groups in total. The van der Waals surface area contributed by atoms with E-state index in [9.17, 15) is 13.2 Å². The van der Waals surface area contributed by atoms with Crippen molar-refractivity contribution >= 4 is 27.5 Å². The summed E-state index contributed by atoms with van der Waals surface area (Å²) in [4.78, 5) is 13.9. The molecule has 1 amide bonds. The summed E-state index contributed by atoms with van der Waals surface area (Å²) < 4.78 is 36.1. The minimum absolute atomic E-state index is 0.0915. The van der Waals surface area contributed by atoms with E-state index in [0.29, 0.717) is 49.6 Å². The Morgan fingerprint density at radius 1 is 1.16 bits per heavy atom. The number of hydrogen-bond donors (Lipinski definition) is 0. The molecule has 0 radical (unpaired) electrons. The molecule has 3 rings (SSSR count). The van der Waals surface area contributed by atoms with E-state index in [2.05, 4.69) is 0 Å². The zero-order valence-corrected chi connectivity index (χ0v) is 15.5. The van der Waals surface area contributed by atoms with Crippen LogP contribution in [0.4, 0.5) is 4.79 Å². The van der Waals surface area contributed by atoms with Gasteiger partial charge in [0.05, 0.1) is 24.2 Å². The minimum atomic E-state index is -3.39. The number of hydrogen-bond acceptors (Lipinski definition) is 5. The number of sulfone groups is 1. The zero-order chi connectivity index (χ0) is 17.9. The Kier molecular flexibility index (Phi) is 5.86. The Morgan fingerprint density at radius 2 is 1.88 bits per heavy atom. The van der Waals surface area contributed by atoms with Gasteiger partial charge in [-0.1, -0.05) is 29.8 Å². The molecule has 1 unspecified atom stereocenters. The van der Waals surface area contributed by atoms with E-state index < -0.39 is 21.2 Å². The molecule has 1 aromatic carbocycles. The number of ether oxygens (including phenoxy) is 2. The summed E-state index contributed by atoms with van der Waals surface area (Å²) in [6, 6.07) is 6.97. The third kappa shape index (κ3) is 4.46. The van der Waals surface area contributed by atoms with Crippen LogP contribution in [0, 0.1) is 0 Å². The van der Waals surface area contributed by atoms with Gasteiger partial charge in [0, 0.05) is 31.0 Å². The molecule has 1 atom stereocenters. The topological polar surface area (TPSA) is 72.9 Å². The third-order valence-corrected chi connectivity index (χ3v) is 7.14. The number of halogens is 1. The highest BCUT2D eigenvalue weighted by molar-refractivity contribution is 7.91. The van der Waals surface area contributed by atoms with Crippen molar-refractivity contribution < 1.29 is 22.7 Å². The number of amides is 1. The minimum Gasteiger partial charge on any atom is -0.446 e. The summed E-state index contributed by atoms with van der Waals surface area (Å²) in [5.74, 6) is -0.0915. The number of benzene rings is 1. The van der Waals surface area contributed by atoms with E-state index in [4.69, 9.17) is 21.1 Å². The number of nitrogens with zero attached hydrogens (tertiary/aromatic N) is 1. The van der Waals surface area contributed by atoms with Gasteiger partial charge in [-0.25, -0.2) is 13.2 Å². The molecule has 8 heteroatoms. The lowest BCUT2D eigenvalue weighted by Crippen LogP contribution is -2.37. The second-order valence-corrected chi connectivity index (χ2v) is 9.06. The molecule has 6 nitrogen and oxygen atoms in total. The van der Waals surface area contributed by atoms with Crippen LogP contribution in [0.5, 0.6) is 0 Å². The summed E-state index contributed by atoms with van der Waals surface area (Å²) >= 11 is 6.18. The molecule has 0 bridgehead atoms. The van der Waals surface area contributed by atoms with Crippen LogP contribution < -0.4 is 0 Å². The Balaban J connectivity index is 1.69. The van der Waals surface area contributed by atoms with Crippen molar-refractivity contribution in [3.05, 3.63) is 34.9 Å². The zero-order valence-electron chi connectivity index (χ0n) is 13.9. The van der Waals surface area contributed by atoms with Gasteiger partial charge in [-0.05, 0) is 18.1 Å². The molecule has 1 aromatic rings. The van der Waals surface area contributed by atoms with Gasteiger partial charge in [0.1, 0.15) is 6.10 Å². The Morgan fingerprint density at radius 3 is 2.60 bits per heavy atom. The van der Waals surface area contributed by atoms with Crippen LogP contribution in [0.25, 0.3) is 0 Å². The molecule has 0 spiro atoms. The van der Waals surface area contributed by atoms with Crippen molar-refractivity contribution in [3.63, 3.8) is 0 Å². The van der Waals surface area contributed by atoms with Crippen LogP contribution in [0.15, 0.2) is 24.3 Å². The Hall–Kier alpha value is -1.31. The molecular formula is C17H22ClNO5S. The van der Waals surface area contributed by atoms with Gasteiger partial charge in [-0.15, -0.1) is 0 Å². The van der Waals surface area contributed by atoms with Crippen LogP contribution in [0.2, 0.25) is 5.02 Å². The normalized spacial score (nSPS) is 24.5. The van der Waals surface area contributed by atoms with Crippen molar-refractivity contribution in [2.24, 2.45) is 0 Å². The molecule has 0 aliphatic carbocycles. The molecule has 2 heterocycles. The van der Waals surface area contributed by atoms with Gasteiger partial charge in [-0.2, -0.15) is 0 Å². The summed E-state index contributed by atoms with van der Waals surface area (Å²) in [7, 11) is -3.39. The van der Waals surface area contributed by atoms with Crippen LogP contribution in [-0.2, 0) is 19.3 Å². The fraction of sp³-hybridized carbons (Fsp3) is 0.588. The summed E-state index contributed by atoms with van der Waals surface area (Å²) in [5.41, 5.74) is 0.601. The monoisotopic (exact) mass is 387 g/mol. The van der Waals surface area contributed by atoms with Gasteiger partial charge >= 0.3 is 6.09 Å². The average molecular weight is 388 g/mol. The first-order valence-corrected chi connectivity index (χ1v) is 10.6. The summed E-state index contributed by atoms with van der Waals surface area (Å²) in [6.45, 7) is 1.64. The maximum Gasteiger partial charge on any atom is 0.410 e. The third-order valence-electron chi connectivity index (χ3n) is 4.69. The van der Waals surface area contributed by atoms with Gasteiger partial charge in [0.25, 0.3) is 0 Å². The SMILES string of the molecule is O=C(OC1CCOCC1)N1CCC(c2ccccc2Cl)S(=O)(=O)CC1. The highest BCUT2D eigenvalue weighted by Crippen LogP contribution is 2.34. The van der Waals surface area contributed by atoms with Gasteiger partial charge in [0.15, 0.2) is 9.84 Å². The maximum absolute atomic E-state index is 12.7. The van der Waals surface area contributed by atoms with Crippen molar-refractivity contribution in [2.45, 2.75) is 30.6 Å². The summed E-state index contributed by atoms with van der Waals surface area (Å²) in [5, 5.41) is -0.253. The quantitative estimate of drug-likeness (QED) is 0.780. The molecule has 0 aromatic heterocycles. The lowest BCUT2D eigenvalue weighted by molar-refractivity contribution is -0.00962. The highest BCUT2D eigenvalue weighted by atomic mass is 35.5. The molecular weight excluding hydrogens is 366 g/mol. The van der Waals surface area contributed by atoms with Crippen LogP contribution >= 0.6 is 11.6 Å². The standard InChI is InChI=1S/C17H22ClNO5S/c18-15-4-2-1-3-14(15)16-5-8-19(9-12-25(16,21)22)17(20)24-13-6-10-23-11-7-13/h1-4,13,16H,5-12H2. The highest BCUT2D eigenvalue weighted by Gasteiger charge is 2.34. The predicted octanol–water partition coefficient (Wildman–Crippen LogP) is 2.82. The molecule has 2 fully saturated rings. The fourth-order valence-electron chi connectivity index (χ4n) is 3.22. The van der Waals surface area contributed by atoms with E-state index >= 15 is 0 Å². The number of carbonyl (C=O) groups excluding carboxylic acids is 1. The smallest absolute Gasteiger partial charge is 0.410 e. The predicted molar refractivity (Wildman–Crippen MR) is 94.5 cm³/mol. The van der Waals surface area contributed by atoms with Crippen LogP contribution in [0.1, 0.15) is 30.1 Å². The summed E-state index contributed by atoms with van der Waals surface area (Å²) in [6.07, 6.45) is 1.08. The van der Waals surface area contributed by atoms with Crippen molar-refractivity contribution in [2.75, 3.05) is 32.1 Å². The molecule has 25 heavy (non-hydrogen) atoms. The lowest BCUT2D eigenvalue weighted by atomic mass is 10.1. The van der Waals surface area contributed by atoms with Crippen molar-refractivity contribution in [3.8, 4) is 0 Å². The molecule has 138 valence electrons. The maximum atomic E-state index is 12.7. The second kappa shape index (κ2) is 7.93. The van der Waals surface area contributed by atoms with E-state index in [0.717, 1.165) is 0 Å². The Bertz CT molecular complexity index is 718. The number of carbonyl (C=O) groups is 1. The fourth-order valence-corrected chi connectivity index (χ4v) is 5.37. The van der Waals surface area contributed by atoms with E-state index in [1.807, 2.05) is 0 Å². The molecule has 2 aliphatic rings. The van der Waals surface area contributed by atoms with E-state index in [1.54, 1.807) is 24.3 Å². The largest absolute Gasteiger partial charge is 0.446 e. The molecule has 0 saturated carbocycles. The first kappa shape index (κ1) is 18.5. The van der Waals surface area contributed by atoms with Crippen LogP contribution in [0.3, 0.4) is 0 Å². The molecule has 2 saturated heterocycles. The van der Waals surface area contributed by atoms with Gasteiger partial charge < -0.3 is 14.4 Å². The Labute approximate surface area is 153 Å². The first-order valence-electron chi connectivity index (χ1n) is 8.46. The molecule has 2 aliphatic heterocycles. The second-order valence-electron chi connectivity index (χ2n) is 6.35. The first-order chi connectivity index (χ1) is 12.0. The van der Waals surface area contributed by atoms with Gasteiger partial charge in [-0.3, -0.25) is 0 Å². The van der Waals surface area contributed by atoms with E-state index in [-0.39, 0.29) is 18.4 Å². The van der Waals surface area contributed by atoms with Crippen molar-refractivity contribution in [1.29, 1.82) is 0 Å². The van der Waals surface area contributed by atoms with Gasteiger partial charge in [0.2, 0.25) is 0 Å². The van der Waals surface area contributed by atoms with E-state index in [1.165, 1.54) is 4.90 Å². The van der Waals surface area contributed by atoms with Crippen molar-refractivity contribution in [1.82, 2.24) is 4.90 Å². The number of rotatable bonds is 2.